The summed E-state index contributed by atoms with van der Waals surface area (Å²) in [7, 11) is 1.92. The van der Waals surface area contributed by atoms with Crippen LogP contribution < -0.4 is 10.6 Å². The lowest BCUT2D eigenvalue weighted by molar-refractivity contribution is 0.419. The van der Waals surface area contributed by atoms with Crippen molar-refractivity contribution in [2.24, 2.45) is 11.1 Å². The first kappa shape index (κ1) is 13.5. The van der Waals surface area contributed by atoms with Crippen LogP contribution in [0.1, 0.15) is 26.3 Å². The first-order chi connectivity index (χ1) is 7.70. The summed E-state index contributed by atoms with van der Waals surface area (Å²) in [6.45, 7) is 7.18. The van der Waals surface area contributed by atoms with E-state index >= 15 is 0 Å². The van der Waals surface area contributed by atoms with Crippen LogP contribution in [-0.2, 0) is 0 Å². The molecule has 0 saturated carbocycles. The van der Waals surface area contributed by atoms with Crippen LogP contribution in [0, 0.1) is 16.6 Å². The fourth-order valence-corrected chi connectivity index (χ4v) is 1.85. The van der Waals surface area contributed by atoms with Crippen LogP contribution in [0.5, 0.6) is 0 Å². The van der Waals surface area contributed by atoms with Gasteiger partial charge in [0.15, 0.2) is 0 Å². The topological polar surface area (TPSA) is 53.1 Å². The van der Waals surface area contributed by atoms with Crippen LogP contribution in [0.4, 0.5) is 10.1 Å². The van der Waals surface area contributed by atoms with Crippen LogP contribution in [0.25, 0.3) is 0 Å². The number of hydrogen-bond donors (Lipinski definition) is 2. The van der Waals surface area contributed by atoms with Gasteiger partial charge in [0.2, 0.25) is 0 Å². The molecule has 0 saturated heterocycles. The molecule has 0 aromatic heterocycles. The first-order valence-corrected chi connectivity index (χ1v) is 5.56. The second-order valence-electron chi connectivity index (χ2n) is 5.49. The van der Waals surface area contributed by atoms with E-state index in [0.717, 1.165) is 12.2 Å². The molecule has 0 unspecified atom stereocenters. The smallest absolute Gasteiger partial charge is 0.125 e. The van der Waals surface area contributed by atoms with Crippen LogP contribution in [-0.4, -0.2) is 19.4 Å². The van der Waals surface area contributed by atoms with Gasteiger partial charge in [-0.15, -0.1) is 0 Å². The Morgan fingerprint density at radius 3 is 2.47 bits per heavy atom. The second kappa shape index (κ2) is 4.73. The minimum absolute atomic E-state index is 0.111. The summed E-state index contributed by atoms with van der Waals surface area (Å²) in [5.74, 6) is -0.483. The van der Waals surface area contributed by atoms with Gasteiger partial charge < -0.3 is 10.6 Å². The summed E-state index contributed by atoms with van der Waals surface area (Å²) in [6, 6.07) is 4.36. The van der Waals surface area contributed by atoms with Crippen molar-refractivity contribution in [1.82, 2.24) is 0 Å². The van der Waals surface area contributed by atoms with Crippen molar-refractivity contribution in [2.45, 2.75) is 20.8 Å². The van der Waals surface area contributed by atoms with Gasteiger partial charge in [-0.2, -0.15) is 0 Å². The number of nitrogens with zero attached hydrogens (tertiary/aromatic N) is 1. The van der Waals surface area contributed by atoms with E-state index in [-0.39, 0.29) is 17.1 Å². The second-order valence-corrected chi connectivity index (χ2v) is 5.49. The van der Waals surface area contributed by atoms with Crippen LogP contribution >= 0.6 is 0 Å². The summed E-state index contributed by atoms with van der Waals surface area (Å²) < 4.78 is 13.1. The third kappa shape index (κ3) is 3.73. The van der Waals surface area contributed by atoms with E-state index in [0.29, 0.717) is 5.56 Å². The molecule has 0 spiro atoms. The lowest BCUT2D eigenvalue weighted by Gasteiger charge is -2.29. The number of nitrogen functional groups attached to an aromatic ring is 1. The Morgan fingerprint density at radius 1 is 1.41 bits per heavy atom. The average Bonchev–Trinajstić information content (AvgIpc) is 2.14. The van der Waals surface area contributed by atoms with Gasteiger partial charge in [-0.3, -0.25) is 5.41 Å². The van der Waals surface area contributed by atoms with Gasteiger partial charge in [-0.1, -0.05) is 20.8 Å². The number of halogens is 1. The molecule has 0 aliphatic rings. The van der Waals surface area contributed by atoms with Gasteiger partial charge in [-0.05, 0) is 23.6 Å². The van der Waals surface area contributed by atoms with Gasteiger partial charge in [0, 0.05) is 24.8 Å². The van der Waals surface area contributed by atoms with E-state index in [1.54, 1.807) is 6.07 Å². The molecule has 0 bridgehead atoms. The van der Waals surface area contributed by atoms with Gasteiger partial charge in [0.1, 0.15) is 11.7 Å². The number of rotatable bonds is 3. The third-order valence-electron chi connectivity index (χ3n) is 2.37. The van der Waals surface area contributed by atoms with E-state index < -0.39 is 0 Å². The van der Waals surface area contributed by atoms with Crippen molar-refractivity contribution in [2.75, 3.05) is 18.5 Å². The maximum atomic E-state index is 13.1. The molecular weight excluding hydrogens is 217 g/mol. The average molecular weight is 237 g/mol. The number of amidine groups is 1. The standard InChI is InChI=1S/C13H20FN3/c1-13(2,3)8-17(4)11-6-5-9(14)7-10(11)12(15)16/h5-7H,8H2,1-4H3,(H3,15,16). The molecule has 4 heteroatoms. The number of hydrogen-bond acceptors (Lipinski definition) is 2. The molecular formula is C13H20FN3. The molecule has 0 fully saturated rings. The van der Waals surface area contributed by atoms with E-state index in [9.17, 15) is 4.39 Å². The lowest BCUT2D eigenvalue weighted by Crippen LogP contribution is -2.31. The van der Waals surface area contributed by atoms with Crippen molar-refractivity contribution in [3.8, 4) is 0 Å². The van der Waals surface area contributed by atoms with E-state index in [2.05, 4.69) is 20.8 Å². The Balaban J connectivity index is 3.09. The van der Waals surface area contributed by atoms with Gasteiger partial charge in [0.25, 0.3) is 0 Å². The van der Waals surface area contributed by atoms with Crippen molar-refractivity contribution < 1.29 is 4.39 Å². The Bertz CT molecular complexity index is 421. The predicted molar refractivity (Wildman–Crippen MR) is 70.1 cm³/mol. The normalized spacial score (nSPS) is 11.4. The fourth-order valence-electron chi connectivity index (χ4n) is 1.85. The van der Waals surface area contributed by atoms with E-state index in [1.807, 2.05) is 11.9 Å². The summed E-state index contributed by atoms with van der Waals surface area (Å²) in [4.78, 5) is 2.00. The van der Waals surface area contributed by atoms with Gasteiger partial charge in [-0.25, -0.2) is 4.39 Å². The highest BCUT2D eigenvalue weighted by molar-refractivity contribution is 6.00. The Morgan fingerprint density at radius 2 is 2.00 bits per heavy atom. The summed E-state index contributed by atoms with van der Waals surface area (Å²) in [6.07, 6.45) is 0. The van der Waals surface area contributed by atoms with Crippen LogP contribution in [0.2, 0.25) is 0 Å². The minimum atomic E-state index is -0.372. The summed E-state index contributed by atoms with van der Waals surface area (Å²) in [5.41, 5.74) is 6.82. The van der Waals surface area contributed by atoms with Crippen molar-refractivity contribution in [3.63, 3.8) is 0 Å². The zero-order valence-electron chi connectivity index (χ0n) is 10.8. The third-order valence-corrected chi connectivity index (χ3v) is 2.37. The monoisotopic (exact) mass is 237 g/mol. The number of benzene rings is 1. The maximum Gasteiger partial charge on any atom is 0.125 e. The van der Waals surface area contributed by atoms with Crippen molar-refractivity contribution in [3.05, 3.63) is 29.6 Å². The number of anilines is 1. The number of nitrogens with two attached hydrogens (primary N) is 1. The molecule has 1 aromatic rings. The highest BCUT2D eigenvalue weighted by Gasteiger charge is 2.17. The fraction of sp³-hybridized carbons (Fsp3) is 0.462. The van der Waals surface area contributed by atoms with Crippen molar-refractivity contribution in [1.29, 1.82) is 5.41 Å². The zero-order chi connectivity index (χ0) is 13.2. The van der Waals surface area contributed by atoms with Gasteiger partial charge >= 0.3 is 0 Å². The predicted octanol–water partition coefficient (Wildman–Crippen LogP) is 2.59. The summed E-state index contributed by atoms with van der Waals surface area (Å²) in [5, 5.41) is 7.48. The molecule has 94 valence electrons. The highest BCUT2D eigenvalue weighted by Crippen LogP contribution is 2.24. The van der Waals surface area contributed by atoms with E-state index in [4.69, 9.17) is 11.1 Å². The van der Waals surface area contributed by atoms with Gasteiger partial charge in [0.05, 0.1) is 0 Å². The molecule has 0 atom stereocenters. The molecule has 0 radical (unpaired) electrons. The molecule has 1 rings (SSSR count). The largest absolute Gasteiger partial charge is 0.384 e. The van der Waals surface area contributed by atoms with E-state index in [1.165, 1.54) is 12.1 Å². The molecule has 17 heavy (non-hydrogen) atoms. The molecule has 1 aromatic carbocycles. The molecule has 3 N–H and O–H groups in total. The zero-order valence-corrected chi connectivity index (χ0v) is 10.8. The SMILES string of the molecule is CN(CC(C)(C)C)c1ccc(F)cc1C(=N)N. The van der Waals surface area contributed by atoms with Crippen LogP contribution in [0.15, 0.2) is 18.2 Å². The Labute approximate surface area is 102 Å². The Kier molecular flexibility index (Phi) is 3.76. The molecule has 0 amide bonds. The minimum Gasteiger partial charge on any atom is -0.384 e. The van der Waals surface area contributed by atoms with Crippen LogP contribution in [0.3, 0.4) is 0 Å². The first-order valence-electron chi connectivity index (χ1n) is 5.56. The highest BCUT2D eigenvalue weighted by atomic mass is 19.1. The maximum absolute atomic E-state index is 13.1. The van der Waals surface area contributed by atoms with Crippen molar-refractivity contribution >= 4 is 11.5 Å². The number of nitrogens with one attached hydrogen (secondary N) is 1. The molecule has 0 aliphatic heterocycles. The Hall–Kier alpha value is -1.58. The summed E-state index contributed by atoms with van der Waals surface area (Å²) >= 11 is 0. The molecule has 3 nitrogen and oxygen atoms in total. The molecule has 0 aliphatic carbocycles. The quantitative estimate of drug-likeness (QED) is 0.627. The molecule has 0 heterocycles. The lowest BCUT2D eigenvalue weighted by atomic mass is 9.95.